The third kappa shape index (κ3) is 3.85. The minimum atomic E-state index is 0.496. The molecule has 2 rings (SSSR count). The van der Waals surface area contributed by atoms with Crippen molar-refractivity contribution in [3.63, 3.8) is 0 Å². The van der Waals surface area contributed by atoms with Crippen LogP contribution in [-0.2, 0) is 4.74 Å². The van der Waals surface area contributed by atoms with Gasteiger partial charge in [-0.25, -0.2) is 0 Å². The van der Waals surface area contributed by atoms with E-state index in [0.717, 1.165) is 18.7 Å². The lowest BCUT2D eigenvalue weighted by Gasteiger charge is -2.27. The number of hydrogen-bond donors (Lipinski definition) is 1. The van der Waals surface area contributed by atoms with Crippen molar-refractivity contribution in [3.05, 3.63) is 29.2 Å². The lowest BCUT2D eigenvalue weighted by molar-refractivity contribution is 0.154. The molecule has 0 spiro atoms. The molecule has 0 aliphatic carbocycles. The summed E-state index contributed by atoms with van der Waals surface area (Å²) in [5.41, 5.74) is 2.56. The molecule has 4 heteroatoms. The van der Waals surface area contributed by atoms with Crippen molar-refractivity contribution in [2.45, 2.75) is 35.8 Å². The van der Waals surface area contributed by atoms with Gasteiger partial charge in [0.2, 0.25) is 0 Å². The van der Waals surface area contributed by atoms with Crippen LogP contribution in [0.15, 0.2) is 27.8 Å². The maximum Gasteiger partial charge on any atom is 0.0672 e. The second kappa shape index (κ2) is 6.75. The molecule has 100 valence electrons. The summed E-state index contributed by atoms with van der Waals surface area (Å²) in [6, 6.07) is 2.75. The van der Waals surface area contributed by atoms with Crippen molar-refractivity contribution in [2.75, 3.05) is 19.8 Å². The molecule has 2 nitrogen and oxygen atoms in total. The molecular weight excluding hydrogens is 262 g/mol. The zero-order chi connectivity index (χ0) is 13.0. The Morgan fingerprint density at radius 3 is 3.22 bits per heavy atom. The molecule has 1 N–H and O–H groups in total. The van der Waals surface area contributed by atoms with Crippen molar-refractivity contribution in [3.8, 4) is 0 Å². The van der Waals surface area contributed by atoms with E-state index in [1.165, 1.54) is 16.2 Å². The molecule has 0 aromatic carbocycles. The van der Waals surface area contributed by atoms with Crippen LogP contribution in [0.4, 0.5) is 0 Å². The van der Waals surface area contributed by atoms with Crippen LogP contribution in [0, 0.1) is 0 Å². The van der Waals surface area contributed by atoms with Crippen LogP contribution in [0.25, 0.3) is 0 Å². The third-order valence-corrected chi connectivity index (χ3v) is 5.24. The van der Waals surface area contributed by atoms with Crippen molar-refractivity contribution in [1.29, 1.82) is 0 Å². The van der Waals surface area contributed by atoms with E-state index in [2.05, 4.69) is 30.3 Å². The fourth-order valence-electron chi connectivity index (χ4n) is 2.09. The van der Waals surface area contributed by atoms with Crippen LogP contribution >= 0.6 is 23.1 Å². The molecule has 1 aromatic heterocycles. The Hall–Kier alpha value is -0.290. The molecule has 1 aromatic rings. The summed E-state index contributed by atoms with van der Waals surface area (Å²) in [5.74, 6) is 0. The van der Waals surface area contributed by atoms with Gasteiger partial charge in [0, 0.05) is 17.8 Å². The first-order valence-corrected chi connectivity index (χ1v) is 8.12. The van der Waals surface area contributed by atoms with Crippen LogP contribution in [0.5, 0.6) is 0 Å². The number of thioether (sulfide) groups is 1. The van der Waals surface area contributed by atoms with Crippen LogP contribution in [-0.4, -0.2) is 25.0 Å². The molecule has 1 aliphatic heterocycles. The standard InChI is InChI=1S/C14H21NOS2/c1-10(2)9-16-6-5-15-13-8-11(3)18-14-12(13)4-7-17-14/h4,7,11,13,15H,1,5-6,8-9H2,2-3H3/t11-,13?/m0/s1. The number of ether oxygens (including phenoxy) is 1. The van der Waals surface area contributed by atoms with Crippen molar-refractivity contribution >= 4 is 23.1 Å². The van der Waals surface area contributed by atoms with Gasteiger partial charge in [0.05, 0.1) is 17.4 Å². The van der Waals surface area contributed by atoms with Crippen LogP contribution in [0.1, 0.15) is 31.9 Å². The highest BCUT2D eigenvalue weighted by Gasteiger charge is 2.25. The van der Waals surface area contributed by atoms with Gasteiger partial charge in [-0.15, -0.1) is 23.1 Å². The predicted molar refractivity (Wildman–Crippen MR) is 80.6 cm³/mol. The summed E-state index contributed by atoms with van der Waals surface area (Å²) < 4.78 is 7.00. The number of rotatable bonds is 6. The van der Waals surface area contributed by atoms with Crippen LogP contribution in [0.3, 0.4) is 0 Å². The second-order valence-corrected chi connectivity index (χ2v) is 7.47. The summed E-state index contributed by atoms with van der Waals surface area (Å²) in [6.45, 7) is 10.5. The summed E-state index contributed by atoms with van der Waals surface area (Å²) >= 11 is 3.87. The topological polar surface area (TPSA) is 21.3 Å². The smallest absolute Gasteiger partial charge is 0.0672 e. The van der Waals surface area contributed by atoms with Gasteiger partial charge >= 0.3 is 0 Å². The Kier molecular flexibility index (Phi) is 5.30. The maximum absolute atomic E-state index is 5.52. The molecular formula is C14H21NOS2. The zero-order valence-electron chi connectivity index (χ0n) is 11.1. The first kappa shape index (κ1) is 14.1. The van der Waals surface area contributed by atoms with Gasteiger partial charge in [-0.05, 0) is 30.4 Å². The minimum Gasteiger partial charge on any atom is -0.376 e. The molecule has 0 saturated heterocycles. The summed E-state index contributed by atoms with van der Waals surface area (Å²) in [6.07, 6.45) is 1.20. The van der Waals surface area contributed by atoms with E-state index in [9.17, 15) is 0 Å². The van der Waals surface area contributed by atoms with Gasteiger partial charge < -0.3 is 10.1 Å². The fourth-order valence-corrected chi connectivity index (χ4v) is 4.66. The molecule has 1 aliphatic rings. The van der Waals surface area contributed by atoms with Gasteiger partial charge in [-0.1, -0.05) is 19.1 Å². The quantitative estimate of drug-likeness (QED) is 0.633. The van der Waals surface area contributed by atoms with E-state index < -0.39 is 0 Å². The van der Waals surface area contributed by atoms with Gasteiger partial charge in [0.15, 0.2) is 0 Å². The third-order valence-electron chi connectivity index (χ3n) is 2.90. The van der Waals surface area contributed by atoms with E-state index in [1.807, 2.05) is 30.0 Å². The maximum atomic E-state index is 5.52. The number of nitrogens with one attached hydrogen (secondary N) is 1. The van der Waals surface area contributed by atoms with Gasteiger partial charge in [-0.3, -0.25) is 0 Å². The van der Waals surface area contributed by atoms with E-state index in [4.69, 9.17) is 4.74 Å². The van der Waals surface area contributed by atoms with Crippen molar-refractivity contribution in [2.24, 2.45) is 0 Å². The molecule has 0 amide bonds. The highest BCUT2D eigenvalue weighted by Crippen LogP contribution is 2.43. The van der Waals surface area contributed by atoms with Crippen molar-refractivity contribution < 1.29 is 4.74 Å². The first-order chi connectivity index (χ1) is 8.66. The largest absolute Gasteiger partial charge is 0.376 e. The Bertz CT molecular complexity index is 402. The lowest BCUT2D eigenvalue weighted by Crippen LogP contribution is -2.29. The van der Waals surface area contributed by atoms with E-state index in [1.54, 1.807) is 0 Å². The molecule has 1 unspecified atom stereocenters. The molecule has 18 heavy (non-hydrogen) atoms. The van der Waals surface area contributed by atoms with Crippen molar-refractivity contribution in [1.82, 2.24) is 5.32 Å². The Morgan fingerprint density at radius 2 is 2.44 bits per heavy atom. The highest BCUT2D eigenvalue weighted by atomic mass is 32.2. The van der Waals surface area contributed by atoms with E-state index in [0.29, 0.717) is 17.9 Å². The molecule has 0 saturated carbocycles. The zero-order valence-corrected chi connectivity index (χ0v) is 12.7. The first-order valence-electron chi connectivity index (χ1n) is 6.36. The lowest BCUT2D eigenvalue weighted by atomic mass is 10.1. The highest BCUT2D eigenvalue weighted by molar-refractivity contribution is 8.01. The number of hydrogen-bond acceptors (Lipinski definition) is 4. The summed E-state index contributed by atoms with van der Waals surface area (Å²) in [7, 11) is 0. The molecule has 0 bridgehead atoms. The Balaban J connectivity index is 1.78. The predicted octanol–water partition coefficient (Wildman–Crippen LogP) is 3.86. The molecule has 2 atom stereocenters. The van der Waals surface area contributed by atoms with Gasteiger partial charge in [0.1, 0.15) is 0 Å². The van der Waals surface area contributed by atoms with Gasteiger partial charge in [-0.2, -0.15) is 0 Å². The molecule has 0 radical (unpaired) electrons. The number of fused-ring (bicyclic) bond motifs is 1. The van der Waals surface area contributed by atoms with E-state index >= 15 is 0 Å². The van der Waals surface area contributed by atoms with E-state index in [-0.39, 0.29) is 0 Å². The molecule has 2 heterocycles. The fraction of sp³-hybridized carbons (Fsp3) is 0.571. The average Bonchev–Trinajstić information content (AvgIpc) is 2.75. The SMILES string of the molecule is C=C(C)COCCNC1C[C@H](C)Sc2sccc21. The summed E-state index contributed by atoms with van der Waals surface area (Å²) in [5, 5.41) is 6.50. The second-order valence-electron chi connectivity index (χ2n) is 4.84. The van der Waals surface area contributed by atoms with Crippen LogP contribution in [0.2, 0.25) is 0 Å². The normalized spacial score (nSPS) is 22.8. The Labute approximate surface area is 118 Å². The average molecular weight is 283 g/mol. The van der Waals surface area contributed by atoms with Gasteiger partial charge in [0.25, 0.3) is 0 Å². The van der Waals surface area contributed by atoms with Crippen LogP contribution < -0.4 is 5.32 Å². The monoisotopic (exact) mass is 283 g/mol. The molecule has 0 fully saturated rings. The number of thiophene rings is 1. The Morgan fingerprint density at radius 1 is 1.61 bits per heavy atom. The minimum absolute atomic E-state index is 0.496. The summed E-state index contributed by atoms with van der Waals surface area (Å²) in [4.78, 5) is 0.